The number of nitrogens with zero attached hydrogens (tertiary/aromatic N) is 2. The van der Waals surface area contributed by atoms with E-state index < -0.39 is 0 Å². The van der Waals surface area contributed by atoms with Crippen LogP contribution < -0.4 is 10.6 Å². The number of hydrogen-bond donors (Lipinski definition) is 2. The first-order valence-corrected chi connectivity index (χ1v) is 8.17. The van der Waals surface area contributed by atoms with Crippen molar-refractivity contribution in [1.29, 1.82) is 0 Å². The van der Waals surface area contributed by atoms with Crippen LogP contribution in [0.15, 0.2) is 28.8 Å². The molecule has 1 aliphatic rings. The van der Waals surface area contributed by atoms with E-state index in [1.165, 1.54) is 0 Å². The molecule has 2 heterocycles. The maximum Gasteiger partial charge on any atom is 0.228 e. The van der Waals surface area contributed by atoms with E-state index in [0.717, 1.165) is 24.9 Å². The summed E-state index contributed by atoms with van der Waals surface area (Å²) >= 11 is 5.95. The van der Waals surface area contributed by atoms with E-state index in [2.05, 4.69) is 20.8 Å². The van der Waals surface area contributed by atoms with Gasteiger partial charge in [0.05, 0.1) is 0 Å². The molecular weight excluding hydrogens is 351 g/mol. The maximum absolute atomic E-state index is 11.8. The molecule has 1 atom stereocenters. The minimum absolute atomic E-state index is 0. The zero-order valence-electron chi connectivity index (χ0n) is 13.1. The van der Waals surface area contributed by atoms with Gasteiger partial charge in [-0.2, -0.15) is 4.98 Å². The summed E-state index contributed by atoms with van der Waals surface area (Å²) in [6.45, 7) is 1.49. The smallest absolute Gasteiger partial charge is 0.228 e. The minimum Gasteiger partial charge on any atom is -0.356 e. The zero-order valence-corrected chi connectivity index (χ0v) is 14.7. The first kappa shape index (κ1) is 18.7. The van der Waals surface area contributed by atoms with Crippen molar-refractivity contribution in [3.05, 3.63) is 35.2 Å². The average Bonchev–Trinajstić information content (AvgIpc) is 3.19. The molecule has 24 heavy (non-hydrogen) atoms. The van der Waals surface area contributed by atoms with Gasteiger partial charge in [0.15, 0.2) is 0 Å². The fraction of sp³-hybridized carbons (Fsp3) is 0.438. The van der Waals surface area contributed by atoms with Gasteiger partial charge in [-0.05, 0) is 31.5 Å². The van der Waals surface area contributed by atoms with Crippen LogP contribution in [0.5, 0.6) is 0 Å². The van der Waals surface area contributed by atoms with Crippen LogP contribution >= 0.6 is 24.0 Å². The van der Waals surface area contributed by atoms with Gasteiger partial charge in [0.2, 0.25) is 17.6 Å². The second kappa shape index (κ2) is 9.01. The topological polar surface area (TPSA) is 80.0 Å². The van der Waals surface area contributed by atoms with Crippen molar-refractivity contribution < 1.29 is 9.32 Å². The number of nitrogens with one attached hydrogen (secondary N) is 2. The second-order valence-corrected chi connectivity index (χ2v) is 6.06. The largest absolute Gasteiger partial charge is 0.356 e. The number of carbonyl (C=O) groups excluding carboxylic acids is 1. The van der Waals surface area contributed by atoms with E-state index in [1.54, 1.807) is 12.1 Å². The molecule has 130 valence electrons. The molecular formula is C16H20Cl2N4O2. The Morgan fingerprint density at radius 3 is 3.08 bits per heavy atom. The Hall–Kier alpha value is -1.63. The lowest BCUT2D eigenvalue weighted by molar-refractivity contribution is -0.121. The maximum atomic E-state index is 11.8. The summed E-state index contributed by atoms with van der Waals surface area (Å²) in [5.41, 5.74) is 0.809. The molecule has 1 aliphatic heterocycles. The number of aromatic nitrogens is 2. The van der Waals surface area contributed by atoms with Gasteiger partial charge in [0, 0.05) is 36.0 Å². The van der Waals surface area contributed by atoms with E-state index in [0.29, 0.717) is 42.2 Å². The zero-order chi connectivity index (χ0) is 16.1. The molecule has 0 aliphatic carbocycles. The third-order valence-electron chi connectivity index (χ3n) is 3.81. The highest BCUT2D eigenvalue weighted by Crippen LogP contribution is 2.19. The summed E-state index contributed by atoms with van der Waals surface area (Å²) in [6.07, 6.45) is 3.25. The summed E-state index contributed by atoms with van der Waals surface area (Å²) in [4.78, 5) is 16.1. The quantitative estimate of drug-likeness (QED) is 0.816. The van der Waals surface area contributed by atoms with Crippen LogP contribution in [-0.4, -0.2) is 35.2 Å². The molecule has 1 fully saturated rings. The monoisotopic (exact) mass is 370 g/mol. The highest BCUT2D eigenvalue weighted by molar-refractivity contribution is 6.30. The third kappa shape index (κ3) is 5.19. The van der Waals surface area contributed by atoms with Crippen molar-refractivity contribution in [3.8, 4) is 11.4 Å². The molecule has 1 saturated heterocycles. The molecule has 0 spiro atoms. The van der Waals surface area contributed by atoms with Gasteiger partial charge in [-0.15, -0.1) is 12.4 Å². The molecule has 1 amide bonds. The van der Waals surface area contributed by atoms with Crippen molar-refractivity contribution in [3.63, 3.8) is 0 Å². The van der Waals surface area contributed by atoms with Crippen molar-refractivity contribution in [2.24, 2.45) is 0 Å². The number of benzene rings is 1. The van der Waals surface area contributed by atoms with Crippen molar-refractivity contribution >= 4 is 29.9 Å². The van der Waals surface area contributed by atoms with E-state index >= 15 is 0 Å². The first-order valence-electron chi connectivity index (χ1n) is 7.79. The highest BCUT2D eigenvalue weighted by atomic mass is 35.5. The van der Waals surface area contributed by atoms with Gasteiger partial charge in [0.1, 0.15) is 0 Å². The van der Waals surface area contributed by atoms with E-state index in [-0.39, 0.29) is 18.3 Å². The van der Waals surface area contributed by atoms with Gasteiger partial charge >= 0.3 is 0 Å². The Bertz CT molecular complexity index is 672. The molecule has 3 rings (SSSR count). The van der Waals surface area contributed by atoms with Crippen molar-refractivity contribution in [2.45, 2.75) is 31.7 Å². The lowest BCUT2D eigenvalue weighted by atomic mass is 10.1. The number of halogens is 2. The standard InChI is InChI=1S/C16H19ClN4O2.ClH/c17-12-4-1-3-11(9-12)16-20-15(23-21-16)6-8-19-14(22)10-13-5-2-7-18-13;/h1,3-4,9,13,18H,2,5-8,10H2,(H,19,22);1H. The van der Waals surface area contributed by atoms with Crippen LogP contribution in [0.2, 0.25) is 5.02 Å². The Morgan fingerprint density at radius 2 is 2.33 bits per heavy atom. The molecule has 0 radical (unpaired) electrons. The summed E-state index contributed by atoms with van der Waals surface area (Å²) in [5, 5.41) is 10.8. The SMILES string of the molecule is Cl.O=C(CC1CCCN1)NCCc1nc(-c2cccc(Cl)c2)no1. The molecule has 1 unspecified atom stereocenters. The molecule has 2 aromatic rings. The first-order chi connectivity index (χ1) is 11.2. The van der Waals surface area contributed by atoms with Gasteiger partial charge < -0.3 is 15.2 Å². The van der Waals surface area contributed by atoms with Crippen molar-refractivity contribution in [1.82, 2.24) is 20.8 Å². The van der Waals surface area contributed by atoms with Crippen LogP contribution in [0, 0.1) is 0 Å². The van der Waals surface area contributed by atoms with Crippen LogP contribution in [0.4, 0.5) is 0 Å². The molecule has 8 heteroatoms. The van der Waals surface area contributed by atoms with Crippen LogP contribution in [0.3, 0.4) is 0 Å². The normalized spacial score (nSPS) is 16.6. The number of carbonyl (C=O) groups is 1. The van der Waals surface area contributed by atoms with Gasteiger partial charge in [-0.1, -0.05) is 28.9 Å². The van der Waals surface area contributed by atoms with Gasteiger partial charge in [0.25, 0.3) is 0 Å². The molecule has 1 aromatic carbocycles. The van der Waals surface area contributed by atoms with Gasteiger partial charge in [-0.25, -0.2) is 0 Å². The summed E-state index contributed by atoms with van der Waals surface area (Å²) in [7, 11) is 0. The molecule has 0 bridgehead atoms. The van der Waals surface area contributed by atoms with Crippen LogP contribution in [0.1, 0.15) is 25.2 Å². The summed E-state index contributed by atoms with van der Waals surface area (Å²) < 4.78 is 5.21. The summed E-state index contributed by atoms with van der Waals surface area (Å²) in [6, 6.07) is 7.60. The number of hydrogen-bond acceptors (Lipinski definition) is 5. The lowest BCUT2D eigenvalue weighted by Gasteiger charge is -2.09. The molecule has 0 saturated carbocycles. The molecule has 1 aromatic heterocycles. The van der Waals surface area contributed by atoms with Crippen LogP contribution in [-0.2, 0) is 11.2 Å². The minimum atomic E-state index is 0. The van der Waals surface area contributed by atoms with Crippen molar-refractivity contribution in [2.75, 3.05) is 13.1 Å². The number of amides is 1. The Balaban J connectivity index is 0.00000208. The average molecular weight is 371 g/mol. The summed E-state index contributed by atoms with van der Waals surface area (Å²) in [5.74, 6) is 1.06. The Kier molecular flexibility index (Phi) is 7.02. The van der Waals surface area contributed by atoms with E-state index in [4.69, 9.17) is 16.1 Å². The third-order valence-corrected chi connectivity index (χ3v) is 4.04. The Morgan fingerprint density at radius 1 is 1.46 bits per heavy atom. The predicted octanol–water partition coefficient (Wildman–Crippen LogP) is 2.61. The molecule has 2 N–H and O–H groups in total. The van der Waals surface area contributed by atoms with Crippen LogP contribution in [0.25, 0.3) is 11.4 Å². The lowest BCUT2D eigenvalue weighted by Crippen LogP contribution is -2.32. The fourth-order valence-electron chi connectivity index (χ4n) is 2.64. The Labute approximate surface area is 151 Å². The van der Waals surface area contributed by atoms with Gasteiger partial charge in [-0.3, -0.25) is 4.79 Å². The highest BCUT2D eigenvalue weighted by Gasteiger charge is 2.17. The van der Waals surface area contributed by atoms with E-state index in [9.17, 15) is 4.79 Å². The molecule has 6 nitrogen and oxygen atoms in total. The second-order valence-electron chi connectivity index (χ2n) is 5.62. The predicted molar refractivity (Wildman–Crippen MR) is 94.3 cm³/mol. The fourth-order valence-corrected chi connectivity index (χ4v) is 2.83. The number of rotatable bonds is 6. The van der Waals surface area contributed by atoms with E-state index in [1.807, 2.05) is 12.1 Å².